The molecule has 24 heavy (non-hydrogen) atoms. The first-order valence-corrected chi connectivity index (χ1v) is 9.09. The fraction of sp³-hybridized carbons (Fsp3) is 0.200. The number of thiazole rings is 1. The van der Waals surface area contributed by atoms with Crippen LogP contribution in [0, 0.1) is 0 Å². The highest BCUT2D eigenvalue weighted by Crippen LogP contribution is 2.26. The van der Waals surface area contributed by atoms with Crippen molar-refractivity contribution >= 4 is 29.1 Å². The highest BCUT2D eigenvalue weighted by atomic mass is 32.2. The number of carboxylic acid groups (broad SMARTS) is 1. The minimum absolute atomic E-state index is 0.156. The molecule has 0 saturated carbocycles. The van der Waals surface area contributed by atoms with Crippen molar-refractivity contribution in [2.24, 2.45) is 0 Å². The molecular formula is C15H14N4O3S2. The zero-order valence-corrected chi connectivity index (χ0v) is 14.4. The van der Waals surface area contributed by atoms with Crippen LogP contribution in [-0.2, 0) is 17.9 Å². The number of thioether (sulfide) groups is 1. The van der Waals surface area contributed by atoms with Crippen molar-refractivity contribution in [2.75, 3.05) is 6.26 Å². The molecule has 1 N–H and O–H groups in total. The van der Waals surface area contributed by atoms with Crippen molar-refractivity contribution in [3.8, 4) is 17.3 Å². The van der Waals surface area contributed by atoms with Crippen molar-refractivity contribution < 1.29 is 14.6 Å². The molecule has 0 aliphatic rings. The third-order valence-electron chi connectivity index (χ3n) is 3.00. The molecule has 0 amide bonds. The summed E-state index contributed by atoms with van der Waals surface area (Å²) in [6.45, 7) is -0.122. The largest absolute Gasteiger partial charge is 0.486 e. The Hall–Kier alpha value is -2.39. The normalized spacial score (nSPS) is 10.7. The minimum Gasteiger partial charge on any atom is -0.486 e. The summed E-state index contributed by atoms with van der Waals surface area (Å²) in [6.07, 6.45) is 1.93. The van der Waals surface area contributed by atoms with E-state index in [4.69, 9.17) is 9.84 Å². The Morgan fingerprint density at radius 2 is 2.12 bits per heavy atom. The number of hydrogen-bond donors (Lipinski definition) is 1. The fourth-order valence-corrected chi connectivity index (χ4v) is 3.24. The van der Waals surface area contributed by atoms with E-state index < -0.39 is 5.97 Å². The number of para-hydroxylation sites is 1. The Morgan fingerprint density at radius 1 is 1.33 bits per heavy atom. The monoisotopic (exact) mass is 362 g/mol. The van der Waals surface area contributed by atoms with Gasteiger partial charge in [-0.25, -0.2) is 14.6 Å². The van der Waals surface area contributed by atoms with Gasteiger partial charge in [0.05, 0.1) is 0 Å². The Labute approximate surface area is 146 Å². The number of aliphatic carboxylic acids is 1. The molecule has 0 aliphatic heterocycles. The smallest absolute Gasteiger partial charge is 0.325 e. The quantitative estimate of drug-likeness (QED) is 0.646. The third kappa shape index (κ3) is 3.92. The second-order valence-corrected chi connectivity index (χ2v) is 6.62. The van der Waals surface area contributed by atoms with Gasteiger partial charge in [0, 0.05) is 5.38 Å². The summed E-state index contributed by atoms with van der Waals surface area (Å²) >= 11 is 3.01. The van der Waals surface area contributed by atoms with Crippen LogP contribution in [0.25, 0.3) is 11.5 Å². The topological polar surface area (TPSA) is 90.1 Å². The van der Waals surface area contributed by atoms with Crippen molar-refractivity contribution in [2.45, 2.75) is 17.5 Å². The molecule has 1 aromatic carbocycles. The van der Waals surface area contributed by atoms with Crippen molar-refractivity contribution in [3.05, 3.63) is 41.5 Å². The van der Waals surface area contributed by atoms with Crippen LogP contribution in [0.5, 0.6) is 5.75 Å². The van der Waals surface area contributed by atoms with Gasteiger partial charge in [0.1, 0.15) is 28.9 Å². The second-order valence-electron chi connectivity index (χ2n) is 4.71. The molecule has 0 spiro atoms. The zero-order chi connectivity index (χ0) is 16.9. The molecule has 0 bridgehead atoms. The van der Waals surface area contributed by atoms with E-state index in [-0.39, 0.29) is 13.2 Å². The third-order valence-corrected chi connectivity index (χ3v) is 4.86. The van der Waals surface area contributed by atoms with E-state index in [1.807, 2.05) is 42.0 Å². The van der Waals surface area contributed by atoms with Gasteiger partial charge < -0.3 is 9.84 Å². The summed E-state index contributed by atoms with van der Waals surface area (Å²) in [5.41, 5.74) is 0.615. The van der Waals surface area contributed by atoms with Gasteiger partial charge in [-0.3, -0.25) is 4.79 Å². The summed E-state index contributed by atoms with van der Waals surface area (Å²) < 4.78 is 7.84. The Bertz CT molecular complexity index is 832. The van der Waals surface area contributed by atoms with Crippen LogP contribution in [0.3, 0.4) is 0 Å². The van der Waals surface area contributed by atoms with Crippen LogP contribution in [0.4, 0.5) is 0 Å². The van der Waals surface area contributed by atoms with E-state index in [0.29, 0.717) is 23.1 Å². The zero-order valence-electron chi connectivity index (χ0n) is 12.7. The SMILES string of the molecule is CSc1nc(-c2nc(COc3ccccc3)nn2CC(=O)O)cs1. The molecule has 2 heterocycles. The lowest BCUT2D eigenvalue weighted by Gasteiger charge is -2.01. The maximum atomic E-state index is 11.1. The predicted octanol–water partition coefficient (Wildman–Crippen LogP) is 2.79. The van der Waals surface area contributed by atoms with E-state index >= 15 is 0 Å². The van der Waals surface area contributed by atoms with Gasteiger partial charge in [-0.2, -0.15) is 5.10 Å². The Kier molecular flexibility index (Phi) is 5.11. The number of benzene rings is 1. The van der Waals surface area contributed by atoms with E-state index in [0.717, 1.165) is 4.34 Å². The lowest BCUT2D eigenvalue weighted by Crippen LogP contribution is -2.12. The average Bonchev–Trinajstić information content (AvgIpc) is 3.20. The molecule has 0 unspecified atom stereocenters. The van der Waals surface area contributed by atoms with Crippen LogP contribution < -0.4 is 4.74 Å². The van der Waals surface area contributed by atoms with Gasteiger partial charge in [0.15, 0.2) is 11.6 Å². The molecule has 0 saturated heterocycles. The maximum absolute atomic E-state index is 11.1. The standard InChI is InChI=1S/C15H14N4O3S2/c1-23-15-16-11(9-24-15)14-17-12(18-19(14)7-13(20)21)8-22-10-5-3-2-4-6-10/h2-6,9H,7-8H2,1H3,(H,20,21). The number of carbonyl (C=O) groups is 1. The number of nitrogens with zero attached hydrogens (tertiary/aromatic N) is 4. The summed E-state index contributed by atoms with van der Waals surface area (Å²) in [5.74, 6) is 0.554. The fourth-order valence-electron chi connectivity index (χ4n) is 2.00. The average molecular weight is 362 g/mol. The van der Waals surface area contributed by atoms with Crippen molar-refractivity contribution in [1.29, 1.82) is 0 Å². The van der Waals surface area contributed by atoms with Crippen LogP contribution in [0.15, 0.2) is 40.1 Å². The van der Waals surface area contributed by atoms with E-state index in [1.165, 1.54) is 27.8 Å². The lowest BCUT2D eigenvalue weighted by atomic mass is 10.3. The Balaban J connectivity index is 1.84. The number of rotatable bonds is 7. The summed E-state index contributed by atoms with van der Waals surface area (Å²) in [6, 6.07) is 9.31. The molecule has 9 heteroatoms. The molecule has 2 aromatic heterocycles. The van der Waals surface area contributed by atoms with Crippen LogP contribution in [0.1, 0.15) is 5.82 Å². The molecule has 3 aromatic rings. The predicted molar refractivity (Wildman–Crippen MR) is 91.3 cm³/mol. The van der Waals surface area contributed by atoms with Gasteiger partial charge in [0.25, 0.3) is 0 Å². The van der Waals surface area contributed by atoms with Gasteiger partial charge in [-0.05, 0) is 18.4 Å². The van der Waals surface area contributed by atoms with Gasteiger partial charge in [-0.15, -0.1) is 11.3 Å². The molecule has 0 atom stereocenters. The van der Waals surface area contributed by atoms with Crippen LogP contribution in [0.2, 0.25) is 0 Å². The summed E-state index contributed by atoms with van der Waals surface area (Å²) in [4.78, 5) is 19.9. The second kappa shape index (κ2) is 7.45. The molecule has 7 nitrogen and oxygen atoms in total. The first-order valence-electron chi connectivity index (χ1n) is 6.99. The highest BCUT2D eigenvalue weighted by molar-refractivity contribution is 8.00. The molecule has 0 fully saturated rings. The van der Waals surface area contributed by atoms with Crippen LogP contribution in [-0.4, -0.2) is 37.1 Å². The molecule has 0 radical (unpaired) electrons. The first-order chi connectivity index (χ1) is 11.7. The van der Waals surface area contributed by atoms with Gasteiger partial charge >= 0.3 is 5.97 Å². The Morgan fingerprint density at radius 3 is 2.79 bits per heavy atom. The van der Waals surface area contributed by atoms with Gasteiger partial charge in [0.2, 0.25) is 0 Å². The van der Waals surface area contributed by atoms with Crippen LogP contribution >= 0.6 is 23.1 Å². The number of hydrogen-bond acceptors (Lipinski definition) is 7. The van der Waals surface area contributed by atoms with E-state index in [1.54, 1.807) is 0 Å². The minimum atomic E-state index is -0.989. The van der Waals surface area contributed by atoms with Crippen molar-refractivity contribution in [3.63, 3.8) is 0 Å². The van der Waals surface area contributed by atoms with Crippen molar-refractivity contribution in [1.82, 2.24) is 19.7 Å². The number of aromatic nitrogens is 4. The highest BCUT2D eigenvalue weighted by Gasteiger charge is 2.17. The molecule has 124 valence electrons. The first kappa shape index (κ1) is 16.5. The van der Waals surface area contributed by atoms with E-state index in [2.05, 4.69) is 15.1 Å². The maximum Gasteiger partial charge on any atom is 0.325 e. The lowest BCUT2D eigenvalue weighted by molar-refractivity contribution is -0.137. The summed E-state index contributed by atoms with van der Waals surface area (Å²) in [7, 11) is 0. The molecule has 3 rings (SSSR count). The number of carboxylic acids is 1. The molecular weight excluding hydrogens is 348 g/mol. The van der Waals surface area contributed by atoms with Gasteiger partial charge in [-0.1, -0.05) is 30.0 Å². The summed E-state index contributed by atoms with van der Waals surface area (Å²) in [5, 5.41) is 15.1. The number of ether oxygens (including phenoxy) is 1. The van der Waals surface area contributed by atoms with E-state index in [9.17, 15) is 4.79 Å². The molecule has 0 aliphatic carbocycles.